The van der Waals surface area contributed by atoms with Gasteiger partial charge in [0.25, 0.3) is 5.56 Å². The summed E-state index contributed by atoms with van der Waals surface area (Å²) in [7, 11) is 0. The molecule has 5 N–H and O–H groups in total. The Bertz CT molecular complexity index is 672. The van der Waals surface area contributed by atoms with Crippen LogP contribution in [0.15, 0.2) is 11.1 Å². The van der Waals surface area contributed by atoms with E-state index in [0.717, 1.165) is 0 Å². The maximum absolute atomic E-state index is 12.4. The molecule has 0 fully saturated rings. The Hall–Kier alpha value is -2.04. The third-order valence-corrected chi connectivity index (χ3v) is 2.98. The lowest BCUT2D eigenvalue weighted by Crippen LogP contribution is -2.35. The van der Waals surface area contributed by atoms with Gasteiger partial charge >= 0.3 is 0 Å². The SMILES string of the molecule is CC(O[C@H](CO)C(O)CF)n1cnc2c(=O)[nH]c(N)nc21. The standard InChI is InChI=1S/C11H16FN5O4/c1-5(21-7(3-18)6(19)2-12)17-4-14-8-9(17)15-11(13)16-10(8)20/h4-7,18-19H,2-3H2,1H3,(H3,13,15,16,20)/t5?,6?,7-/m1/s1. The molecule has 0 bridgehead atoms. The Morgan fingerprint density at radius 3 is 2.95 bits per heavy atom. The van der Waals surface area contributed by atoms with Gasteiger partial charge in [0.05, 0.1) is 12.9 Å². The summed E-state index contributed by atoms with van der Waals surface area (Å²) in [5, 5.41) is 18.5. The summed E-state index contributed by atoms with van der Waals surface area (Å²) < 4.78 is 19.2. The van der Waals surface area contributed by atoms with Gasteiger partial charge in [0.2, 0.25) is 5.95 Å². The molecule has 21 heavy (non-hydrogen) atoms. The number of aliphatic hydroxyl groups is 2. The largest absolute Gasteiger partial charge is 0.394 e. The number of alkyl halides is 1. The van der Waals surface area contributed by atoms with Gasteiger partial charge in [-0.3, -0.25) is 14.3 Å². The molecule has 0 aliphatic rings. The van der Waals surface area contributed by atoms with Crippen LogP contribution >= 0.6 is 0 Å². The fraction of sp³-hybridized carbons (Fsp3) is 0.545. The highest BCUT2D eigenvalue weighted by molar-refractivity contribution is 5.70. The van der Waals surface area contributed by atoms with Crippen molar-refractivity contribution in [3.63, 3.8) is 0 Å². The van der Waals surface area contributed by atoms with Crippen LogP contribution in [-0.2, 0) is 4.74 Å². The molecule has 2 rings (SSSR count). The smallest absolute Gasteiger partial charge is 0.280 e. The van der Waals surface area contributed by atoms with E-state index in [9.17, 15) is 14.3 Å². The van der Waals surface area contributed by atoms with Crippen LogP contribution in [0.1, 0.15) is 13.2 Å². The van der Waals surface area contributed by atoms with Crippen molar-refractivity contribution in [2.45, 2.75) is 25.4 Å². The first kappa shape index (κ1) is 15.4. The minimum Gasteiger partial charge on any atom is -0.394 e. The third-order valence-electron chi connectivity index (χ3n) is 2.98. The second-order valence-corrected chi connectivity index (χ2v) is 4.45. The zero-order valence-corrected chi connectivity index (χ0v) is 11.2. The van der Waals surface area contributed by atoms with Gasteiger partial charge < -0.3 is 20.7 Å². The van der Waals surface area contributed by atoms with E-state index in [4.69, 9.17) is 15.6 Å². The first-order chi connectivity index (χ1) is 9.97. The summed E-state index contributed by atoms with van der Waals surface area (Å²) in [6.45, 7) is -0.0283. The highest BCUT2D eigenvalue weighted by atomic mass is 19.1. The molecule has 10 heteroatoms. The normalized spacial score (nSPS) is 16.0. The van der Waals surface area contributed by atoms with Gasteiger partial charge in [0, 0.05) is 0 Å². The summed E-state index contributed by atoms with van der Waals surface area (Å²) in [5.41, 5.74) is 5.24. The fourth-order valence-electron chi connectivity index (χ4n) is 1.88. The second-order valence-electron chi connectivity index (χ2n) is 4.45. The van der Waals surface area contributed by atoms with Crippen LogP contribution in [-0.4, -0.2) is 55.2 Å². The lowest BCUT2D eigenvalue weighted by Gasteiger charge is -2.24. The first-order valence-electron chi connectivity index (χ1n) is 6.20. The molecule has 0 saturated heterocycles. The third kappa shape index (κ3) is 3.01. The molecule has 2 heterocycles. The molecule has 0 aliphatic carbocycles. The van der Waals surface area contributed by atoms with Crippen molar-refractivity contribution in [2.24, 2.45) is 0 Å². The van der Waals surface area contributed by atoms with Gasteiger partial charge in [-0.15, -0.1) is 0 Å². The quantitative estimate of drug-likeness (QED) is 0.532. The fourth-order valence-corrected chi connectivity index (χ4v) is 1.88. The minimum atomic E-state index is -1.45. The molecule has 116 valence electrons. The number of H-pyrrole nitrogens is 1. The van der Waals surface area contributed by atoms with Crippen molar-refractivity contribution in [1.29, 1.82) is 0 Å². The van der Waals surface area contributed by atoms with Gasteiger partial charge in [-0.1, -0.05) is 0 Å². The summed E-state index contributed by atoms with van der Waals surface area (Å²) in [6.07, 6.45) is -2.00. The molecule has 0 amide bonds. The van der Waals surface area contributed by atoms with Crippen LogP contribution in [0.4, 0.5) is 10.3 Å². The van der Waals surface area contributed by atoms with Gasteiger partial charge in [0.15, 0.2) is 11.2 Å². The highest BCUT2D eigenvalue weighted by Crippen LogP contribution is 2.17. The van der Waals surface area contributed by atoms with Crippen molar-refractivity contribution >= 4 is 17.1 Å². The summed E-state index contributed by atoms with van der Waals surface area (Å²) >= 11 is 0. The van der Waals surface area contributed by atoms with Crippen LogP contribution in [0, 0.1) is 0 Å². The number of fused-ring (bicyclic) bond motifs is 1. The second kappa shape index (κ2) is 6.16. The van der Waals surface area contributed by atoms with Gasteiger partial charge in [-0.2, -0.15) is 4.98 Å². The molecule has 0 spiro atoms. The van der Waals surface area contributed by atoms with Crippen LogP contribution in [0.2, 0.25) is 0 Å². The molecule has 2 aromatic rings. The molecule has 2 unspecified atom stereocenters. The number of nitrogens with two attached hydrogens (primary N) is 1. The molecule has 2 aromatic heterocycles. The number of halogens is 1. The van der Waals surface area contributed by atoms with E-state index in [1.165, 1.54) is 10.9 Å². The molecular formula is C11H16FN5O4. The van der Waals surface area contributed by atoms with Crippen LogP contribution in [0.5, 0.6) is 0 Å². The molecule has 9 nitrogen and oxygen atoms in total. The summed E-state index contributed by atoms with van der Waals surface area (Å²) in [5.74, 6) is -0.0797. The van der Waals surface area contributed by atoms with Crippen molar-refractivity contribution in [3.8, 4) is 0 Å². The number of imidazole rings is 1. The zero-order chi connectivity index (χ0) is 15.6. The topological polar surface area (TPSA) is 139 Å². The number of hydrogen-bond acceptors (Lipinski definition) is 7. The van der Waals surface area contributed by atoms with E-state index >= 15 is 0 Å². The summed E-state index contributed by atoms with van der Waals surface area (Å²) in [4.78, 5) is 21.8. The Kier molecular flexibility index (Phi) is 4.50. The van der Waals surface area contributed by atoms with Crippen LogP contribution in [0.25, 0.3) is 11.2 Å². The number of nitrogens with one attached hydrogen (secondary N) is 1. The number of hydrogen-bond donors (Lipinski definition) is 4. The van der Waals surface area contributed by atoms with Crippen LogP contribution < -0.4 is 11.3 Å². The number of nitrogens with zero attached hydrogens (tertiary/aromatic N) is 3. The van der Waals surface area contributed by atoms with Crippen molar-refractivity contribution in [2.75, 3.05) is 19.0 Å². The average Bonchev–Trinajstić information content (AvgIpc) is 2.87. The number of anilines is 1. The van der Waals surface area contributed by atoms with Crippen molar-refractivity contribution in [3.05, 3.63) is 16.7 Å². The number of ether oxygens (including phenoxy) is 1. The minimum absolute atomic E-state index is 0.0752. The molecular weight excluding hydrogens is 285 g/mol. The molecule has 0 aromatic carbocycles. The van der Waals surface area contributed by atoms with Gasteiger partial charge in [-0.25, -0.2) is 9.37 Å². The highest BCUT2D eigenvalue weighted by Gasteiger charge is 2.23. The van der Waals surface area contributed by atoms with E-state index in [2.05, 4.69) is 15.0 Å². The Labute approximate surface area is 118 Å². The number of aliphatic hydroxyl groups excluding tert-OH is 2. The zero-order valence-electron chi connectivity index (χ0n) is 11.2. The van der Waals surface area contributed by atoms with Crippen molar-refractivity contribution in [1.82, 2.24) is 19.5 Å². The van der Waals surface area contributed by atoms with Crippen molar-refractivity contribution < 1.29 is 19.3 Å². The number of aromatic amines is 1. The van der Waals surface area contributed by atoms with E-state index < -0.39 is 37.3 Å². The Balaban J connectivity index is 2.31. The van der Waals surface area contributed by atoms with E-state index in [1.54, 1.807) is 6.92 Å². The number of aromatic nitrogens is 4. The molecule has 0 saturated carbocycles. The maximum atomic E-state index is 12.4. The first-order valence-corrected chi connectivity index (χ1v) is 6.20. The number of rotatable bonds is 6. The Morgan fingerprint density at radius 2 is 2.33 bits per heavy atom. The summed E-state index contributed by atoms with van der Waals surface area (Å²) in [6, 6.07) is 0. The Morgan fingerprint density at radius 1 is 1.62 bits per heavy atom. The predicted octanol–water partition coefficient (Wildman–Crippen LogP) is -1.07. The maximum Gasteiger partial charge on any atom is 0.280 e. The van der Waals surface area contributed by atoms with Gasteiger partial charge in [0.1, 0.15) is 25.1 Å². The monoisotopic (exact) mass is 301 g/mol. The van der Waals surface area contributed by atoms with Gasteiger partial charge in [-0.05, 0) is 6.92 Å². The lowest BCUT2D eigenvalue weighted by molar-refractivity contribution is -0.119. The number of nitrogen functional groups attached to an aromatic ring is 1. The molecule has 3 atom stereocenters. The average molecular weight is 301 g/mol. The molecule has 0 aliphatic heterocycles. The van der Waals surface area contributed by atoms with Crippen LogP contribution in [0.3, 0.4) is 0 Å². The van der Waals surface area contributed by atoms with E-state index in [1.807, 2.05) is 0 Å². The lowest BCUT2D eigenvalue weighted by atomic mass is 10.2. The predicted molar refractivity (Wildman–Crippen MR) is 71.2 cm³/mol. The van der Waals surface area contributed by atoms with E-state index in [0.29, 0.717) is 0 Å². The van der Waals surface area contributed by atoms with E-state index in [-0.39, 0.29) is 17.1 Å². The molecule has 0 radical (unpaired) electrons.